The Labute approximate surface area is 125 Å². The van der Waals surface area contributed by atoms with Gasteiger partial charge >= 0.3 is 6.36 Å². The highest BCUT2D eigenvalue weighted by molar-refractivity contribution is 6.33. The fraction of sp³-hybridized carbons (Fsp3) is 0.200. The number of para-hydroxylation sites is 1. The van der Waals surface area contributed by atoms with Gasteiger partial charge in [-0.3, -0.25) is 0 Å². The second kappa shape index (κ2) is 6.37. The van der Waals surface area contributed by atoms with Gasteiger partial charge in [-0.15, -0.1) is 13.2 Å². The third kappa shape index (κ3) is 3.89. The van der Waals surface area contributed by atoms with Crippen LogP contribution in [0.1, 0.15) is 5.56 Å². The Kier molecular flexibility index (Phi) is 4.75. The van der Waals surface area contributed by atoms with E-state index in [0.29, 0.717) is 29.1 Å². The molecule has 2 rings (SSSR count). The van der Waals surface area contributed by atoms with Crippen LogP contribution in [0.25, 0.3) is 11.1 Å². The molecule has 0 saturated heterocycles. The van der Waals surface area contributed by atoms with E-state index in [0.717, 1.165) is 5.56 Å². The minimum atomic E-state index is -4.76. The summed E-state index contributed by atoms with van der Waals surface area (Å²) >= 11 is 6.17. The topological polar surface area (TPSA) is 35.2 Å². The summed E-state index contributed by atoms with van der Waals surface area (Å²) in [5.41, 5.74) is 7.14. The molecule has 0 aliphatic heterocycles. The van der Waals surface area contributed by atoms with Gasteiger partial charge in [0, 0.05) is 16.1 Å². The van der Waals surface area contributed by atoms with Crippen molar-refractivity contribution >= 4 is 11.6 Å². The van der Waals surface area contributed by atoms with Crippen LogP contribution in [0.3, 0.4) is 0 Å². The van der Waals surface area contributed by atoms with E-state index in [4.69, 9.17) is 17.3 Å². The van der Waals surface area contributed by atoms with Crippen molar-refractivity contribution < 1.29 is 17.9 Å². The summed E-state index contributed by atoms with van der Waals surface area (Å²) in [5, 5.41) is 0.360. The lowest BCUT2D eigenvalue weighted by atomic mass is 9.97. The maximum absolute atomic E-state index is 12.5. The van der Waals surface area contributed by atoms with Crippen LogP contribution >= 0.6 is 11.6 Å². The third-order valence-electron chi connectivity index (χ3n) is 2.90. The van der Waals surface area contributed by atoms with Crippen LogP contribution in [-0.2, 0) is 6.42 Å². The molecule has 0 aliphatic rings. The SMILES string of the molecule is NCCc1cccc(Cl)c1-c1ccccc1OC(F)(F)F. The fourth-order valence-corrected chi connectivity index (χ4v) is 2.42. The zero-order valence-electron chi connectivity index (χ0n) is 11.0. The molecule has 2 nitrogen and oxygen atoms in total. The molecule has 6 heteroatoms. The normalized spacial score (nSPS) is 11.5. The highest BCUT2D eigenvalue weighted by atomic mass is 35.5. The molecule has 2 N–H and O–H groups in total. The number of halogens is 4. The van der Waals surface area contributed by atoms with Gasteiger partial charge in [0.2, 0.25) is 0 Å². The molecular weight excluding hydrogens is 303 g/mol. The molecule has 0 aliphatic carbocycles. The highest BCUT2D eigenvalue weighted by Gasteiger charge is 2.32. The van der Waals surface area contributed by atoms with Crippen molar-refractivity contribution in [1.82, 2.24) is 0 Å². The number of hydrogen-bond donors (Lipinski definition) is 1. The molecular formula is C15H13ClF3NO. The van der Waals surface area contributed by atoms with E-state index in [-0.39, 0.29) is 5.75 Å². The Bertz CT molecular complexity index is 629. The Balaban J connectivity index is 2.57. The molecule has 21 heavy (non-hydrogen) atoms. The summed E-state index contributed by atoms with van der Waals surface area (Å²) in [7, 11) is 0. The van der Waals surface area contributed by atoms with Gasteiger partial charge in [0.15, 0.2) is 0 Å². The standard InChI is InChI=1S/C15H13ClF3NO/c16-12-6-3-4-10(8-9-20)14(12)11-5-1-2-7-13(11)21-15(17,18)19/h1-7H,8-9,20H2. The zero-order valence-corrected chi connectivity index (χ0v) is 11.7. The third-order valence-corrected chi connectivity index (χ3v) is 3.21. The Morgan fingerprint density at radius 2 is 1.76 bits per heavy atom. The number of benzene rings is 2. The van der Waals surface area contributed by atoms with Crippen molar-refractivity contribution in [1.29, 1.82) is 0 Å². The predicted octanol–water partition coefficient (Wildman–Crippen LogP) is 4.41. The largest absolute Gasteiger partial charge is 0.573 e. The van der Waals surface area contributed by atoms with Crippen LogP contribution in [0, 0.1) is 0 Å². The number of alkyl halides is 3. The maximum atomic E-state index is 12.5. The summed E-state index contributed by atoms with van der Waals surface area (Å²) < 4.78 is 41.6. The average molecular weight is 316 g/mol. The van der Waals surface area contributed by atoms with E-state index in [1.165, 1.54) is 12.1 Å². The van der Waals surface area contributed by atoms with E-state index < -0.39 is 6.36 Å². The monoisotopic (exact) mass is 315 g/mol. The Morgan fingerprint density at radius 1 is 1.05 bits per heavy atom. The molecule has 0 radical (unpaired) electrons. The van der Waals surface area contributed by atoms with Crippen LogP contribution in [-0.4, -0.2) is 12.9 Å². The van der Waals surface area contributed by atoms with E-state index in [1.807, 2.05) is 0 Å². The number of rotatable bonds is 4. The summed E-state index contributed by atoms with van der Waals surface area (Å²) in [4.78, 5) is 0. The summed E-state index contributed by atoms with van der Waals surface area (Å²) in [5.74, 6) is -0.281. The van der Waals surface area contributed by atoms with Crippen LogP contribution < -0.4 is 10.5 Å². The van der Waals surface area contributed by atoms with Crippen molar-refractivity contribution in [2.75, 3.05) is 6.54 Å². The summed E-state index contributed by atoms with van der Waals surface area (Å²) in [6, 6.07) is 11.1. The van der Waals surface area contributed by atoms with Gasteiger partial charge in [-0.25, -0.2) is 0 Å². The zero-order chi connectivity index (χ0) is 15.5. The summed E-state index contributed by atoms with van der Waals surface area (Å²) in [6.07, 6.45) is -4.25. The molecule has 0 saturated carbocycles. The molecule has 0 amide bonds. The number of hydrogen-bond acceptors (Lipinski definition) is 2. The maximum Gasteiger partial charge on any atom is 0.573 e. The molecule has 2 aromatic rings. The van der Waals surface area contributed by atoms with Gasteiger partial charge in [-0.05, 0) is 30.7 Å². The molecule has 0 bridgehead atoms. The first-order valence-corrected chi connectivity index (χ1v) is 6.63. The van der Waals surface area contributed by atoms with Crippen molar-refractivity contribution in [3.63, 3.8) is 0 Å². The molecule has 0 atom stereocenters. The second-order valence-electron chi connectivity index (χ2n) is 4.36. The smallest absolute Gasteiger partial charge is 0.405 e. The molecule has 2 aromatic carbocycles. The Hall–Kier alpha value is -1.72. The molecule has 112 valence electrons. The van der Waals surface area contributed by atoms with E-state index >= 15 is 0 Å². The minimum absolute atomic E-state index is 0.281. The predicted molar refractivity (Wildman–Crippen MR) is 76.3 cm³/mol. The molecule has 0 unspecified atom stereocenters. The Morgan fingerprint density at radius 3 is 2.43 bits per heavy atom. The van der Waals surface area contributed by atoms with Gasteiger partial charge < -0.3 is 10.5 Å². The van der Waals surface area contributed by atoms with Gasteiger partial charge in [0.05, 0.1) is 0 Å². The van der Waals surface area contributed by atoms with E-state index in [9.17, 15) is 13.2 Å². The van der Waals surface area contributed by atoms with Crippen molar-refractivity contribution in [3.8, 4) is 16.9 Å². The quantitative estimate of drug-likeness (QED) is 0.907. The van der Waals surface area contributed by atoms with Gasteiger partial charge in [0.25, 0.3) is 0 Å². The van der Waals surface area contributed by atoms with Crippen molar-refractivity contribution in [2.45, 2.75) is 12.8 Å². The van der Waals surface area contributed by atoms with Gasteiger partial charge in [-0.2, -0.15) is 0 Å². The highest BCUT2D eigenvalue weighted by Crippen LogP contribution is 2.39. The lowest BCUT2D eigenvalue weighted by molar-refractivity contribution is -0.274. The van der Waals surface area contributed by atoms with Crippen molar-refractivity contribution in [3.05, 3.63) is 53.1 Å². The van der Waals surface area contributed by atoms with Crippen LogP contribution in [0.15, 0.2) is 42.5 Å². The van der Waals surface area contributed by atoms with Crippen molar-refractivity contribution in [2.24, 2.45) is 5.73 Å². The summed E-state index contributed by atoms with van der Waals surface area (Å²) in [6.45, 7) is 0.371. The van der Waals surface area contributed by atoms with Crippen LogP contribution in [0.4, 0.5) is 13.2 Å². The molecule has 0 heterocycles. The first-order chi connectivity index (χ1) is 9.92. The minimum Gasteiger partial charge on any atom is -0.405 e. The van der Waals surface area contributed by atoms with E-state index in [2.05, 4.69) is 4.74 Å². The lowest BCUT2D eigenvalue weighted by Crippen LogP contribution is -2.17. The average Bonchev–Trinajstić information content (AvgIpc) is 2.39. The molecule has 0 aromatic heterocycles. The van der Waals surface area contributed by atoms with Crippen LogP contribution in [0.5, 0.6) is 5.75 Å². The second-order valence-corrected chi connectivity index (χ2v) is 4.76. The van der Waals surface area contributed by atoms with Gasteiger partial charge in [0.1, 0.15) is 5.75 Å². The first kappa shape index (κ1) is 15.7. The number of ether oxygens (including phenoxy) is 1. The molecule has 0 spiro atoms. The van der Waals surface area contributed by atoms with E-state index in [1.54, 1.807) is 30.3 Å². The molecule has 0 fully saturated rings. The van der Waals surface area contributed by atoms with Gasteiger partial charge in [-0.1, -0.05) is 41.9 Å². The van der Waals surface area contributed by atoms with Crippen LogP contribution in [0.2, 0.25) is 5.02 Å². The first-order valence-electron chi connectivity index (χ1n) is 6.25. The lowest BCUT2D eigenvalue weighted by Gasteiger charge is -2.16. The fourth-order valence-electron chi connectivity index (χ4n) is 2.12. The number of nitrogens with two attached hydrogens (primary N) is 1.